The first-order chi connectivity index (χ1) is 8.81. The smallest absolute Gasteiger partial charge is 0.229 e. The van der Waals surface area contributed by atoms with Crippen LogP contribution in [0.5, 0.6) is 0 Å². The molecule has 19 heavy (non-hydrogen) atoms. The second kappa shape index (κ2) is 6.56. The maximum atomic E-state index is 13.5. The molecule has 0 amide bonds. The molecule has 0 radical (unpaired) electrons. The molecule has 0 saturated carbocycles. The molecule has 1 unspecified atom stereocenters. The van der Waals surface area contributed by atoms with Gasteiger partial charge in [-0.3, -0.25) is 4.72 Å². The highest BCUT2D eigenvalue weighted by Crippen LogP contribution is 2.21. The molecule has 0 heterocycles. The zero-order valence-electron chi connectivity index (χ0n) is 11.1. The summed E-state index contributed by atoms with van der Waals surface area (Å²) in [5.74, 6) is -0.602. The molecule has 0 aliphatic heterocycles. The van der Waals surface area contributed by atoms with Crippen LogP contribution in [-0.4, -0.2) is 20.7 Å². The summed E-state index contributed by atoms with van der Waals surface area (Å²) in [6.45, 7) is 5.65. The summed E-state index contributed by atoms with van der Waals surface area (Å²) in [6.07, 6.45) is 4.60. The quantitative estimate of drug-likeness (QED) is 0.758. The van der Waals surface area contributed by atoms with Crippen LogP contribution < -0.4 is 10.0 Å². The fourth-order valence-electron chi connectivity index (χ4n) is 1.62. The first-order valence-electron chi connectivity index (χ1n) is 5.96. The van der Waals surface area contributed by atoms with Crippen LogP contribution in [0.15, 0.2) is 30.9 Å². The number of benzene rings is 1. The van der Waals surface area contributed by atoms with Crippen molar-refractivity contribution in [2.75, 3.05) is 16.3 Å². The Hall–Kier alpha value is -1.56. The van der Waals surface area contributed by atoms with Crippen molar-refractivity contribution < 1.29 is 12.8 Å². The molecule has 0 bridgehead atoms. The number of anilines is 2. The predicted octanol–water partition coefficient (Wildman–Crippen LogP) is 2.96. The Morgan fingerprint density at radius 1 is 1.47 bits per heavy atom. The highest BCUT2D eigenvalue weighted by molar-refractivity contribution is 7.92. The predicted molar refractivity (Wildman–Crippen MR) is 77.4 cm³/mol. The summed E-state index contributed by atoms with van der Waals surface area (Å²) in [7, 11) is -3.49. The molecule has 106 valence electrons. The van der Waals surface area contributed by atoms with Crippen LogP contribution in [0.3, 0.4) is 0 Å². The number of hydrogen-bond acceptors (Lipinski definition) is 3. The van der Waals surface area contributed by atoms with Gasteiger partial charge in [-0.05, 0) is 38.0 Å². The molecule has 2 N–H and O–H groups in total. The molecule has 1 aromatic rings. The lowest BCUT2D eigenvalue weighted by Gasteiger charge is -2.15. The van der Waals surface area contributed by atoms with Gasteiger partial charge in [-0.1, -0.05) is 6.08 Å². The second-order valence-corrected chi connectivity index (χ2v) is 6.23. The van der Waals surface area contributed by atoms with Crippen LogP contribution in [0.1, 0.15) is 19.8 Å². The molecular formula is C13H19FN2O2S. The van der Waals surface area contributed by atoms with Crippen LogP contribution in [0.4, 0.5) is 15.8 Å². The zero-order valence-corrected chi connectivity index (χ0v) is 11.9. The van der Waals surface area contributed by atoms with Crippen molar-refractivity contribution in [2.24, 2.45) is 0 Å². The summed E-state index contributed by atoms with van der Waals surface area (Å²) in [5.41, 5.74) is 0.618. The summed E-state index contributed by atoms with van der Waals surface area (Å²) in [6, 6.07) is 4.44. The summed E-state index contributed by atoms with van der Waals surface area (Å²) in [5, 5.41) is 3.18. The molecule has 0 aliphatic carbocycles. The van der Waals surface area contributed by atoms with E-state index in [4.69, 9.17) is 0 Å². The van der Waals surface area contributed by atoms with Gasteiger partial charge in [0.25, 0.3) is 0 Å². The van der Waals surface area contributed by atoms with Crippen LogP contribution in [0, 0.1) is 5.82 Å². The van der Waals surface area contributed by atoms with Gasteiger partial charge in [0.2, 0.25) is 10.0 Å². The minimum atomic E-state index is -3.49. The molecule has 0 aliphatic rings. The molecule has 4 nitrogen and oxygen atoms in total. The first-order valence-corrected chi connectivity index (χ1v) is 7.85. The number of nitrogens with one attached hydrogen (secondary N) is 2. The van der Waals surface area contributed by atoms with Gasteiger partial charge in [0.05, 0.1) is 11.9 Å². The molecule has 1 atom stereocenters. The van der Waals surface area contributed by atoms with E-state index in [0.717, 1.165) is 19.1 Å². The lowest BCUT2D eigenvalue weighted by molar-refractivity contribution is 0.603. The SMILES string of the molecule is C=CCCC(C)Nc1ccc(F)c(NS(C)(=O)=O)c1. The third kappa shape index (κ3) is 5.74. The average molecular weight is 286 g/mol. The Kier molecular flexibility index (Phi) is 5.35. The first kappa shape index (κ1) is 15.5. The van der Waals surface area contributed by atoms with E-state index in [1.807, 2.05) is 13.0 Å². The van der Waals surface area contributed by atoms with Crippen molar-refractivity contribution in [1.82, 2.24) is 0 Å². The monoisotopic (exact) mass is 286 g/mol. The van der Waals surface area contributed by atoms with Crippen molar-refractivity contribution in [3.63, 3.8) is 0 Å². The van der Waals surface area contributed by atoms with Gasteiger partial charge in [0.1, 0.15) is 5.82 Å². The Morgan fingerprint density at radius 2 is 2.16 bits per heavy atom. The van der Waals surface area contributed by atoms with Gasteiger partial charge < -0.3 is 5.32 Å². The van der Waals surface area contributed by atoms with Crippen molar-refractivity contribution >= 4 is 21.4 Å². The van der Waals surface area contributed by atoms with Crippen LogP contribution in [-0.2, 0) is 10.0 Å². The standard InChI is InChI=1S/C13H19FN2O2S/c1-4-5-6-10(2)15-11-7-8-12(14)13(9-11)16-19(3,17)18/h4,7-10,15-16H,1,5-6H2,2-3H3. The van der Waals surface area contributed by atoms with E-state index in [-0.39, 0.29) is 11.7 Å². The highest BCUT2D eigenvalue weighted by Gasteiger charge is 2.09. The number of hydrogen-bond donors (Lipinski definition) is 2. The van der Waals surface area contributed by atoms with Crippen LogP contribution in [0.2, 0.25) is 0 Å². The van der Waals surface area contributed by atoms with Crippen LogP contribution >= 0.6 is 0 Å². The molecule has 1 rings (SSSR count). The van der Waals surface area contributed by atoms with Gasteiger partial charge in [0.15, 0.2) is 0 Å². The third-order valence-corrected chi connectivity index (χ3v) is 3.07. The largest absolute Gasteiger partial charge is 0.383 e. The normalized spacial score (nSPS) is 12.8. The minimum Gasteiger partial charge on any atom is -0.383 e. The Balaban J connectivity index is 2.81. The molecule has 1 aromatic carbocycles. The van der Waals surface area contributed by atoms with Gasteiger partial charge >= 0.3 is 0 Å². The van der Waals surface area contributed by atoms with E-state index >= 15 is 0 Å². The summed E-state index contributed by atoms with van der Waals surface area (Å²) in [4.78, 5) is 0. The van der Waals surface area contributed by atoms with E-state index in [1.165, 1.54) is 12.1 Å². The molecule has 0 saturated heterocycles. The Morgan fingerprint density at radius 3 is 2.74 bits per heavy atom. The van der Waals surface area contributed by atoms with Crippen molar-refractivity contribution in [1.29, 1.82) is 0 Å². The third-order valence-electron chi connectivity index (χ3n) is 2.48. The fourth-order valence-corrected chi connectivity index (χ4v) is 2.17. The van der Waals surface area contributed by atoms with E-state index in [1.54, 1.807) is 6.07 Å². The van der Waals surface area contributed by atoms with E-state index in [2.05, 4.69) is 16.6 Å². The maximum absolute atomic E-state index is 13.5. The number of sulfonamides is 1. The number of allylic oxidation sites excluding steroid dienone is 1. The molecular weight excluding hydrogens is 267 g/mol. The summed E-state index contributed by atoms with van der Waals surface area (Å²) >= 11 is 0. The van der Waals surface area contributed by atoms with Crippen molar-refractivity contribution in [3.8, 4) is 0 Å². The van der Waals surface area contributed by atoms with Gasteiger partial charge in [-0.2, -0.15) is 0 Å². The molecule has 6 heteroatoms. The maximum Gasteiger partial charge on any atom is 0.229 e. The summed E-state index contributed by atoms with van der Waals surface area (Å²) < 4.78 is 37.9. The van der Waals surface area contributed by atoms with Gasteiger partial charge in [-0.25, -0.2) is 12.8 Å². The molecule has 0 aromatic heterocycles. The van der Waals surface area contributed by atoms with E-state index < -0.39 is 15.8 Å². The Bertz CT molecular complexity index is 544. The van der Waals surface area contributed by atoms with Gasteiger partial charge in [-0.15, -0.1) is 6.58 Å². The second-order valence-electron chi connectivity index (χ2n) is 4.48. The topological polar surface area (TPSA) is 58.2 Å². The van der Waals surface area contributed by atoms with Crippen LogP contribution in [0.25, 0.3) is 0 Å². The van der Waals surface area contributed by atoms with Crippen molar-refractivity contribution in [2.45, 2.75) is 25.8 Å². The fraction of sp³-hybridized carbons (Fsp3) is 0.385. The van der Waals surface area contributed by atoms with E-state index in [0.29, 0.717) is 5.69 Å². The van der Waals surface area contributed by atoms with E-state index in [9.17, 15) is 12.8 Å². The van der Waals surface area contributed by atoms with Crippen molar-refractivity contribution in [3.05, 3.63) is 36.7 Å². The molecule has 0 fully saturated rings. The lowest BCUT2D eigenvalue weighted by Crippen LogP contribution is -2.15. The zero-order chi connectivity index (χ0) is 14.5. The van der Waals surface area contributed by atoms with Gasteiger partial charge in [0, 0.05) is 11.7 Å². The Labute approximate surface area is 113 Å². The average Bonchev–Trinajstić information content (AvgIpc) is 2.29. The molecule has 0 spiro atoms. The highest BCUT2D eigenvalue weighted by atomic mass is 32.2. The minimum absolute atomic E-state index is 0.0524. The number of halogens is 1. The lowest BCUT2D eigenvalue weighted by atomic mass is 10.1. The number of rotatable bonds is 7.